The van der Waals surface area contributed by atoms with Crippen LogP contribution in [0.15, 0.2) is 35.1 Å². The van der Waals surface area contributed by atoms with E-state index in [0.29, 0.717) is 18.8 Å². The molecule has 0 radical (unpaired) electrons. The van der Waals surface area contributed by atoms with Crippen molar-refractivity contribution >= 4 is 5.91 Å². The monoisotopic (exact) mass is 394 g/mol. The van der Waals surface area contributed by atoms with Crippen molar-refractivity contribution in [1.29, 1.82) is 0 Å². The van der Waals surface area contributed by atoms with Gasteiger partial charge in [-0.1, -0.05) is 6.07 Å². The molecule has 1 aromatic carbocycles. The molecule has 28 heavy (non-hydrogen) atoms. The van der Waals surface area contributed by atoms with Crippen LogP contribution in [0.5, 0.6) is 0 Å². The number of rotatable bonds is 4. The number of hydrogen-bond donors (Lipinski definition) is 1. The van der Waals surface area contributed by atoms with Gasteiger partial charge in [0.05, 0.1) is 11.3 Å². The number of aromatic nitrogens is 2. The van der Waals surface area contributed by atoms with E-state index in [1.807, 2.05) is 0 Å². The van der Waals surface area contributed by atoms with Crippen LogP contribution in [0.4, 0.5) is 13.2 Å². The summed E-state index contributed by atoms with van der Waals surface area (Å²) in [7, 11) is 1.78. The molecule has 0 spiro atoms. The first kappa shape index (κ1) is 20.1. The van der Waals surface area contributed by atoms with Crippen molar-refractivity contribution in [3.63, 3.8) is 0 Å². The summed E-state index contributed by atoms with van der Waals surface area (Å²) in [5.74, 6) is -0.497. The van der Waals surface area contributed by atoms with E-state index in [-0.39, 0.29) is 17.4 Å². The second-order valence-electron chi connectivity index (χ2n) is 6.81. The minimum absolute atomic E-state index is 0.0398. The van der Waals surface area contributed by atoms with Crippen LogP contribution >= 0.6 is 0 Å². The van der Waals surface area contributed by atoms with E-state index < -0.39 is 23.1 Å². The van der Waals surface area contributed by atoms with Gasteiger partial charge in [0, 0.05) is 30.9 Å². The van der Waals surface area contributed by atoms with Gasteiger partial charge < -0.3 is 10.2 Å². The third kappa shape index (κ3) is 3.94. The van der Waals surface area contributed by atoms with E-state index in [2.05, 4.69) is 10.4 Å². The van der Waals surface area contributed by atoms with E-state index in [1.165, 1.54) is 22.9 Å². The molecule has 1 aromatic heterocycles. The van der Waals surface area contributed by atoms with Crippen LogP contribution in [0, 0.1) is 6.92 Å². The summed E-state index contributed by atoms with van der Waals surface area (Å²) in [6, 6.07) is 5.81. The van der Waals surface area contributed by atoms with Crippen molar-refractivity contribution in [2.45, 2.75) is 32.0 Å². The van der Waals surface area contributed by atoms with Gasteiger partial charge in [-0.15, -0.1) is 0 Å². The van der Waals surface area contributed by atoms with Gasteiger partial charge >= 0.3 is 6.18 Å². The molecule has 150 valence electrons. The van der Waals surface area contributed by atoms with E-state index >= 15 is 0 Å². The highest BCUT2D eigenvalue weighted by Crippen LogP contribution is 2.30. The Balaban J connectivity index is 2.02. The Morgan fingerprint density at radius 2 is 2.07 bits per heavy atom. The smallest absolute Gasteiger partial charge is 0.333 e. The molecule has 1 N–H and O–H groups in total. The second-order valence-corrected chi connectivity index (χ2v) is 6.81. The fraction of sp³-hybridized carbons (Fsp3) is 0.421. The molecule has 2 heterocycles. The summed E-state index contributed by atoms with van der Waals surface area (Å²) in [4.78, 5) is 26.9. The molecule has 0 aliphatic carbocycles. The van der Waals surface area contributed by atoms with Gasteiger partial charge in [0.1, 0.15) is 0 Å². The number of nitrogens with zero attached hydrogens (tertiary/aromatic N) is 3. The van der Waals surface area contributed by atoms with Crippen molar-refractivity contribution in [2.75, 3.05) is 20.1 Å². The molecule has 0 unspecified atom stereocenters. The third-order valence-corrected chi connectivity index (χ3v) is 4.81. The van der Waals surface area contributed by atoms with Gasteiger partial charge in [-0.2, -0.15) is 18.3 Å². The Kier molecular flexibility index (Phi) is 5.55. The predicted molar refractivity (Wildman–Crippen MR) is 97.6 cm³/mol. The Morgan fingerprint density at radius 1 is 1.32 bits per heavy atom. The lowest BCUT2D eigenvalue weighted by Crippen LogP contribution is -2.43. The van der Waals surface area contributed by atoms with Gasteiger partial charge in [-0.05, 0) is 45.0 Å². The SMILES string of the molecule is CNC[C@@H]1CCCN1C(=O)c1nn(-c2cccc(C(F)(F)F)c2)c(C)cc1=O. The van der Waals surface area contributed by atoms with Gasteiger partial charge in [-0.3, -0.25) is 9.59 Å². The van der Waals surface area contributed by atoms with Gasteiger partial charge in [0.25, 0.3) is 5.91 Å². The molecular formula is C19H21F3N4O2. The summed E-state index contributed by atoms with van der Waals surface area (Å²) >= 11 is 0. The number of carbonyl (C=O) groups is 1. The van der Waals surface area contributed by atoms with Crippen molar-refractivity contribution in [3.8, 4) is 5.69 Å². The number of alkyl halides is 3. The van der Waals surface area contributed by atoms with Crippen LogP contribution in [-0.2, 0) is 6.18 Å². The molecule has 0 saturated carbocycles. The Morgan fingerprint density at radius 3 is 2.75 bits per heavy atom. The Hall–Kier alpha value is -2.68. The lowest BCUT2D eigenvalue weighted by atomic mass is 10.2. The van der Waals surface area contributed by atoms with Crippen molar-refractivity contribution in [2.24, 2.45) is 0 Å². The maximum Gasteiger partial charge on any atom is 0.416 e. The summed E-state index contributed by atoms with van der Waals surface area (Å²) < 4.78 is 40.3. The molecule has 6 nitrogen and oxygen atoms in total. The number of halogens is 3. The van der Waals surface area contributed by atoms with E-state index in [0.717, 1.165) is 25.0 Å². The summed E-state index contributed by atoms with van der Waals surface area (Å²) in [5.41, 5.74) is -1.18. The molecule has 1 aliphatic heterocycles. The van der Waals surface area contributed by atoms with Gasteiger partial charge in [0.15, 0.2) is 5.69 Å². The number of likely N-dealkylation sites (N-methyl/N-ethyl adjacent to an activating group) is 1. The largest absolute Gasteiger partial charge is 0.416 e. The lowest BCUT2D eigenvalue weighted by Gasteiger charge is -2.24. The molecule has 1 aliphatic rings. The number of likely N-dealkylation sites (tertiary alicyclic amines) is 1. The molecule has 1 amide bonds. The van der Waals surface area contributed by atoms with Crippen LogP contribution in [0.2, 0.25) is 0 Å². The molecule has 2 aromatic rings. The molecule has 1 atom stereocenters. The highest BCUT2D eigenvalue weighted by atomic mass is 19.4. The van der Waals surface area contributed by atoms with Crippen LogP contribution in [0.25, 0.3) is 5.69 Å². The quantitative estimate of drug-likeness (QED) is 0.865. The number of carbonyl (C=O) groups excluding carboxylic acids is 1. The fourth-order valence-electron chi connectivity index (χ4n) is 3.46. The minimum Gasteiger partial charge on any atom is -0.333 e. The standard InChI is InChI=1S/C19H21F3N4O2/c1-12-9-16(27)17(18(28)25-8-4-7-15(25)11-23-2)24-26(12)14-6-3-5-13(10-14)19(20,21)22/h3,5-6,9-10,15,23H,4,7-8,11H2,1-2H3/t15-/m0/s1. The summed E-state index contributed by atoms with van der Waals surface area (Å²) in [6.07, 6.45) is -2.86. The van der Waals surface area contributed by atoms with Gasteiger partial charge in [0.2, 0.25) is 5.43 Å². The molecule has 1 saturated heterocycles. The zero-order chi connectivity index (χ0) is 20.5. The molecule has 0 bridgehead atoms. The Labute approximate surface area is 160 Å². The van der Waals surface area contributed by atoms with Gasteiger partial charge in [-0.25, -0.2) is 4.68 Å². The topological polar surface area (TPSA) is 67.2 Å². The third-order valence-electron chi connectivity index (χ3n) is 4.81. The summed E-state index contributed by atoms with van der Waals surface area (Å²) in [5, 5.41) is 7.15. The van der Waals surface area contributed by atoms with Crippen LogP contribution in [0.3, 0.4) is 0 Å². The second kappa shape index (κ2) is 7.75. The summed E-state index contributed by atoms with van der Waals surface area (Å²) in [6.45, 7) is 2.67. The zero-order valence-electron chi connectivity index (χ0n) is 15.6. The Bertz CT molecular complexity index is 940. The van der Waals surface area contributed by atoms with E-state index in [1.54, 1.807) is 18.9 Å². The van der Waals surface area contributed by atoms with Crippen LogP contribution in [0.1, 0.15) is 34.6 Å². The average molecular weight is 394 g/mol. The molecule has 9 heteroatoms. The maximum atomic E-state index is 13.0. The van der Waals surface area contributed by atoms with Crippen molar-refractivity contribution in [3.05, 3.63) is 57.5 Å². The molecule has 3 rings (SSSR count). The molecular weight excluding hydrogens is 373 g/mol. The number of hydrogen-bond acceptors (Lipinski definition) is 4. The highest BCUT2D eigenvalue weighted by molar-refractivity contribution is 5.92. The normalized spacial score (nSPS) is 17.2. The number of aryl methyl sites for hydroxylation is 1. The van der Waals surface area contributed by atoms with E-state index in [4.69, 9.17) is 0 Å². The maximum absolute atomic E-state index is 13.0. The predicted octanol–water partition coefficient (Wildman–Crippen LogP) is 2.38. The molecule has 1 fully saturated rings. The van der Waals surface area contributed by atoms with Crippen molar-refractivity contribution < 1.29 is 18.0 Å². The first-order valence-corrected chi connectivity index (χ1v) is 8.96. The zero-order valence-corrected chi connectivity index (χ0v) is 15.6. The number of amides is 1. The number of benzene rings is 1. The van der Waals surface area contributed by atoms with Crippen molar-refractivity contribution in [1.82, 2.24) is 20.0 Å². The first-order valence-electron chi connectivity index (χ1n) is 8.96. The minimum atomic E-state index is -4.50. The average Bonchev–Trinajstić information content (AvgIpc) is 3.09. The lowest BCUT2D eigenvalue weighted by molar-refractivity contribution is -0.137. The van der Waals surface area contributed by atoms with E-state index in [9.17, 15) is 22.8 Å². The van der Waals surface area contributed by atoms with Crippen LogP contribution < -0.4 is 10.7 Å². The first-order chi connectivity index (χ1) is 13.2. The number of nitrogens with one attached hydrogen (secondary N) is 1. The highest BCUT2D eigenvalue weighted by Gasteiger charge is 2.32. The van der Waals surface area contributed by atoms with Crippen LogP contribution in [-0.4, -0.2) is 46.8 Å². The fourth-order valence-corrected chi connectivity index (χ4v) is 3.46.